The Morgan fingerprint density at radius 3 is 2.91 bits per heavy atom. The van der Waals surface area contributed by atoms with Crippen LogP contribution in [0.1, 0.15) is 32.6 Å². The fourth-order valence-electron chi connectivity index (χ4n) is 2.05. The Bertz CT molecular complexity index is 176. The van der Waals surface area contributed by atoms with Crippen molar-refractivity contribution in [2.75, 3.05) is 0 Å². The average molecular weight is 154 g/mol. The lowest BCUT2D eigenvalue weighted by Crippen LogP contribution is -2.16. The van der Waals surface area contributed by atoms with Gasteiger partial charge < -0.3 is 4.74 Å². The zero-order valence-electron chi connectivity index (χ0n) is 6.88. The molecular formula is C9H14O2. The molecule has 0 amide bonds. The topological polar surface area (TPSA) is 26.3 Å². The largest absolute Gasteiger partial charge is 0.375 e. The normalized spacial score (nSPS) is 44.1. The number of hydrogen-bond acceptors (Lipinski definition) is 2. The number of Topliss-reactive ketones (excluding diaryl/α,β-unsaturated/α-hetero) is 1. The maximum Gasteiger partial charge on any atom is 0.138 e. The first-order valence-corrected chi connectivity index (χ1v) is 4.44. The van der Waals surface area contributed by atoms with E-state index in [4.69, 9.17) is 4.74 Å². The molecule has 0 saturated carbocycles. The van der Waals surface area contributed by atoms with Gasteiger partial charge in [-0.2, -0.15) is 0 Å². The first-order valence-electron chi connectivity index (χ1n) is 4.44. The third kappa shape index (κ3) is 1.32. The van der Waals surface area contributed by atoms with Crippen molar-refractivity contribution in [3.05, 3.63) is 0 Å². The molecule has 0 aromatic heterocycles. The molecule has 2 nitrogen and oxygen atoms in total. The second-order valence-electron chi connectivity index (χ2n) is 3.76. The van der Waals surface area contributed by atoms with E-state index in [1.54, 1.807) is 0 Å². The number of carbonyl (C=O) groups excluding carboxylic acids is 1. The van der Waals surface area contributed by atoms with Crippen LogP contribution in [-0.4, -0.2) is 18.0 Å². The molecule has 0 aromatic rings. The third-order valence-electron chi connectivity index (χ3n) is 2.79. The zero-order valence-corrected chi connectivity index (χ0v) is 6.88. The fourth-order valence-corrected chi connectivity index (χ4v) is 2.05. The second-order valence-corrected chi connectivity index (χ2v) is 3.76. The van der Waals surface area contributed by atoms with Crippen LogP contribution in [0.5, 0.6) is 0 Å². The molecule has 1 unspecified atom stereocenters. The third-order valence-corrected chi connectivity index (χ3v) is 2.79. The van der Waals surface area contributed by atoms with Crippen LogP contribution in [0.25, 0.3) is 0 Å². The van der Waals surface area contributed by atoms with Crippen LogP contribution in [0.2, 0.25) is 0 Å². The molecule has 62 valence electrons. The molecule has 2 aliphatic heterocycles. The minimum Gasteiger partial charge on any atom is -0.375 e. The van der Waals surface area contributed by atoms with Gasteiger partial charge in [0.15, 0.2) is 0 Å². The fraction of sp³-hybridized carbons (Fsp3) is 0.889. The number of ketones is 1. The number of carbonyl (C=O) groups is 1. The molecule has 3 atom stereocenters. The summed E-state index contributed by atoms with van der Waals surface area (Å²) >= 11 is 0. The molecule has 2 saturated heterocycles. The highest BCUT2D eigenvalue weighted by molar-refractivity contribution is 5.81. The van der Waals surface area contributed by atoms with Crippen LogP contribution in [0.3, 0.4) is 0 Å². The van der Waals surface area contributed by atoms with Crippen molar-refractivity contribution in [1.82, 2.24) is 0 Å². The lowest BCUT2D eigenvalue weighted by Gasteiger charge is -2.10. The molecule has 2 rings (SSSR count). The van der Waals surface area contributed by atoms with E-state index >= 15 is 0 Å². The highest BCUT2D eigenvalue weighted by Gasteiger charge is 2.34. The Morgan fingerprint density at radius 2 is 2.09 bits per heavy atom. The van der Waals surface area contributed by atoms with E-state index in [0.717, 1.165) is 12.8 Å². The van der Waals surface area contributed by atoms with Crippen LogP contribution >= 0.6 is 0 Å². The average Bonchev–Trinajstić information content (AvgIpc) is 2.30. The first-order chi connectivity index (χ1) is 5.25. The van der Waals surface area contributed by atoms with Crippen molar-refractivity contribution >= 4 is 5.78 Å². The summed E-state index contributed by atoms with van der Waals surface area (Å²) in [6.45, 7) is 2.02. The zero-order chi connectivity index (χ0) is 7.84. The van der Waals surface area contributed by atoms with Crippen molar-refractivity contribution < 1.29 is 9.53 Å². The molecule has 0 aromatic carbocycles. The minimum atomic E-state index is 0.241. The van der Waals surface area contributed by atoms with Gasteiger partial charge in [-0.05, 0) is 19.3 Å². The molecule has 0 spiro atoms. The van der Waals surface area contributed by atoms with E-state index < -0.39 is 0 Å². The predicted molar refractivity (Wildman–Crippen MR) is 41.3 cm³/mol. The predicted octanol–water partition coefficient (Wildman–Crippen LogP) is 1.53. The van der Waals surface area contributed by atoms with E-state index in [1.807, 2.05) is 6.92 Å². The minimum absolute atomic E-state index is 0.241. The summed E-state index contributed by atoms with van der Waals surface area (Å²) in [6.07, 6.45) is 4.54. The quantitative estimate of drug-likeness (QED) is 0.529. The number of rotatable bonds is 0. The number of fused-ring (bicyclic) bond motifs is 2. The SMILES string of the molecule is C[C@@H]1CC2CC[C@H](CC1=O)O2. The van der Waals surface area contributed by atoms with Crippen molar-refractivity contribution in [3.8, 4) is 0 Å². The van der Waals surface area contributed by atoms with E-state index in [9.17, 15) is 4.79 Å². The lowest BCUT2D eigenvalue weighted by atomic mass is 9.92. The summed E-state index contributed by atoms with van der Waals surface area (Å²) in [5.74, 6) is 0.641. The molecular weight excluding hydrogens is 140 g/mol. The van der Waals surface area contributed by atoms with Crippen LogP contribution in [-0.2, 0) is 9.53 Å². The van der Waals surface area contributed by atoms with Crippen molar-refractivity contribution in [3.63, 3.8) is 0 Å². The van der Waals surface area contributed by atoms with Gasteiger partial charge in [0.05, 0.1) is 12.2 Å². The monoisotopic (exact) mass is 154 g/mol. The van der Waals surface area contributed by atoms with E-state index in [2.05, 4.69) is 0 Å². The summed E-state index contributed by atoms with van der Waals surface area (Å²) in [4.78, 5) is 11.3. The van der Waals surface area contributed by atoms with Gasteiger partial charge in [0.25, 0.3) is 0 Å². The van der Waals surface area contributed by atoms with Crippen molar-refractivity contribution in [2.24, 2.45) is 5.92 Å². The van der Waals surface area contributed by atoms with Gasteiger partial charge in [-0.25, -0.2) is 0 Å². The second kappa shape index (κ2) is 2.59. The van der Waals surface area contributed by atoms with Gasteiger partial charge in [0.2, 0.25) is 0 Å². The van der Waals surface area contributed by atoms with Gasteiger partial charge in [-0.15, -0.1) is 0 Å². The molecule has 2 aliphatic rings. The Balaban J connectivity index is 2.10. The maximum atomic E-state index is 11.3. The maximum absolute atomic E-state index is 11.3. The van der Waals surface area contributed by atoms with Crippen LogP contribution in [0.4, 0.5) is 0 Å². The summed E-state index contributed by atoms with van der Waals surface area (Å²) in [5, 5.41) is 0. The van der Waals surface area contributed by atoms with Crippen LogP contribution in [0, 0.1) is 5.92 Å². The van der Waals surface area contributed by atoms with E-state index in [-0.39, 0.29) is 12.0 Å². The van der Waals surface area contributed by atoms with Gasteiger partial charge in [-0.1, -0.05) is 6.92 Å². The molecule has 11 heavy (non-hydrogen) atoms. The number of hydrogen-bond donors (Lipinski definition) is 0. The Morgan fingerprint density at radius 1 is 1.36 bits per heavy atom. The molecule has 0 aliphatic carbocycles. The highest BCUT2D eigenvalue weighted by atomic mass is 16.5. The Labute approximate surface area is 66.9 Å². The number of ether oxygens (including phenoxy) is 1. The molecule has 0 N–H and O–H groups in total. The molecule has 0 radical (unpaired) electrons. The summed E-state index contributed by atoms with van der Waals surface area (Å²) in [6, 6.07) is 0. The Hall–Kier alpha value is -0.370. The van der Waals surface area contributed by atoms with Gasteiger partial charge in [-0.3, -0.25) is 4.79 Å². The van der Waals surface area contributed by atoms with Crippen LogP contribution < -0.4 is 0 Å². The smallest absolute Gasteiger partial charge is 0.138 e. The highest BCUT2D eigenvalue weighted by Crippen LogP contribution is 2.31. The van der Waals surface area contributed by atoms with E-state index in [0.29, 0.717) is 18.3 Å². The van der Waals surface area contributed by atoms with Crippen LogP contribution in [0.15, 0.2) is 0 Å². The van der Waals surface area contributed by atoms with Gasteiger partial charge >= 0.3 is 0 Å². The summed E-state index contributed by atoms with van der Waals surface area (Å²) in [5.41, 5.74) is 0. The van der Waals surface area contributed by atoms with Crippen molar-refractivity contribution in [1.29, 1.82) is 0 Å². The molecule has 2 bridgehead atoms. The molecule has 2 fully saturated rings. The first kappa shape index (κ1) is 7.29. The summed E-state index contributed by atoms with van der Waals surface area (Å²) < 4.78 is 5.64. The standard InChI is InChI=1S/C9H14O2/c1-6-4-7-2-3-8(11-7)5-9(6)10/h6-8H,2-5H2,1H3/t6-,7?,8-/m1/s1. The Kier molecular flexibility index (Phi) is 1.72. The molecule has 2 heteroatoms. The van der Waals surface area contributed by atoms with E-state index in [1.165, 1.54) is 6.42 Å². The van der Waals surface area contributed by atoms with Gasteiger partial charge in [0, 0.05) is 12.3 Å². The van der Waals surface area contributed by atoms with Crippen molar-refractivity contribution in [2.45, 2.75) is 44.8 Å². The van der Waals surface area contributed by atoms with Gasteiger partial charge in [0.1, 0.15) is 5.78 Å². The lowest BCUT2D eigenvalue weighted by molar-refractivity contribution is -0.123. The summed E-state index contributed by atoms with van der Waals surface area (Å²) in [7, 11) is 0. The molecule has 2 heterocycles.